The van der Waals surface area contributed by atoms with Crippen molar-refractivity contribution >= 4 is 44.0 Å². The van der Waals surface area contributed by atoms with E-state index >= 15 is 0 Å². The summed E-state index contributed by atoms with van der Waals surface area (Å²) in [6.45, 7) is 0.635. The fraction of sp³-hybridized carbons (Fsp3) is 0.238. The van der Waals surface area contributed by atoms with Gasteiger partial charge in [0.1, 0.15) is 0 Å². The van der Waals surface area contributed by atoms with Gasteiger partial charge in [-0.3, -0.25) is 4.79 Å². The van der Waals surface area contributed by atoms with E-state index in [1.165, 1.54) is 15.6 Å². The van der Waals surface area contributed by atoms with E-state index in [0.29, 0.717) is 41.8 Å². The molecule has 156 valence electrons. The van der Waals surface area contributed by atoms with Gasteiger partial charge in [-0.2, -0.15) is 4.31 Å². The van der Waals surface area contributed by atoms with Gasteiger partial charge >= 0.3 is 0 Å². The number of anilines is 1. The summed E-state index contributed by atoms with van der Waals surface area (Å²) in [5.41, 5.74) is 1.53. The molecule has 1 aliphatic rings. The molecule has 1 saturated heterocycles. The summed E-state index contributed by atoms with van der Waals surface area (Å²) in [5, 5.41) is 5.83. The molecule has 1 amide bonds. The second-order valence-corrected chi connectivity index (χ2v) is 10.2. The van der Waals surface area contributed by atoms with E-state index in [1.807, 2.05) is 23.6 Å². The molecule has 0 saturated carbocycles. The first-order chi connectivity index (χ1) is 14.4. The largest absolute Gasteiger partial charge is 0.302 e. The highest BCUT2D eigenvalue weighted by molar-refractivity contribution is 7.89. The van der Waals surface area contributed by atoms with Crippen LogP contribution in [-0.4, -0.2) is 36.7 Å². The van der Waals surface area contributed by atoms with E-state index < -0.39 is 10.0 Å². The number of aromatic nitrogens is 1. The Kier molecular flexibility index (Phi) is 6.19. The minimum atomic E-state index is -3.52. The highest BCUT2D eigenvalue weighted by atomic mass is 35.5. The van der Waals surface area contributed by atoms with Gasteiger partial charge in [-0.05, 0) is 31.0 Å². The molecule has 2 heterocycles. The maximum Gasteiger partial charge on any atom is 0.243 e. The Balaban J connectivity index is 1.37. The van der Waals surface area contributed by atoms with Gasteiger partial charge in [0, 0.05) is 35.0 Å². The maximum absolute atomic E-state index is 12.7. The predicted molar refractivity (Wildman–Crippen MR) is 119 cm³/mol. The molecule has 1 N–H and O–H groups in total. The number of piperidine rings is 1. The van der Waals surface area contributed by atoms with Gasteiger partial charge in [0.25, 0.3) is 0 Å². The number of sulfonamides is 1. The molecule has 0 spiro atoms. The van der Waals surface area contributed by atoms with Gasteiger partial charge in [-0.25, -0.2) is 13.4 Å². The zero-order valence-corrected chi connectivity index (χ0v) is 18.4. The van der Waals surface area contributed by atoms with Crippen molar-refractivity contribution in [2.45, 2.75) is 17.7 Å². The number of nitrogens with one attached hydrogen (secondary N) is 1. The lowest BCUT2D eigenvalue weighted by molar-refractivity contribution is -0.120. The fourth-order valence-electron chi connectivity index (χ4n) is 3.43. The van der Waals surface area contributed by atoms with Gasteiger partial charge in [-0.1, -0.05) is 48.0 Å². The molecule has 0 atom stereocenters. The Hall–Kier alpha value is -2.26. The average Bonchev–Trinajstić information content (AvgIpc) is 3.23. The van der Waals surface area contributed by atoms with Crippen molar-refractivity contribution in [2.24, 2.45) is 5.92 Å². The second kappa shape index (κ2) is 8.85. The van der Waals surface area contributed by atoms with Crippen molar-refractivity contribution in [3.8, 4) is 11.3 Å². The van der Waals surface area contributed by atoms with Crippen LogP contribution in [0.3, 0.4) is 0 Å². The summed E-state index contributed by atoms with van der Waals surface area (Å²) < 4.78 is 26.9. The normalized spacial score (nSPS) is 15.8. The SMILES string of the molecule is O=C(Nc1nc(-c2ccccc2Cl)cs1)C1CCN(S(=O)(=O)c2ccccc2)CC1. The zero-order chi connectivity index (χ0) is 21.1. The Bertz CT molecular complexity index is 1140. The molecule has 0 unspecified atom stereocenters. The number of amides is 1. The average molecular weight is 462 g/mol. The van der Waals surface area contributed by atoms with E-state index in [-0.39, 0.29) is 16.7 Å². The first-order valence-electron chi connectivity index (χ1n) is 9.51. The Morgan fingerprint density at radius 3 is 2.43 bits per heavy atom. The third-order valence-electron chi connectivity index (χ3n) is 5.09. The summed E-state index contributed by atoms with van der Waals surface area (Å²) >= 11 is 7.55. The van der Waals surface area contributed by atoms with Crippen molar-refractivity contribution in [3.05, 3.63) is 65.0 Å². The highest BCUT2D eigenvalue weighted by Crippen LogP contribution is 2.31. The smallest absolute Gasteiger partial charge is 0.243 e. The topological polar surface area (TPSA) is 79.4 Å². The van der Waals surface area contributed by atoms with Crippen LogP contribution in [0.5, 0.6) is 0 Å². The van der Waals surface area contributed by atoms with Crippen molar-refractivity contribution in [1.82, 2.24) is 9.29 Å². The third-order valence-corrected chi connectivity index (χ3v) is 8.09. The molecule has 4 rings (SSSR count). The predicted octanol–water partition coefficient (Wildman–Crippen LogP) is 4.50. The van der Waals surface area contributed by atoms with E-state index in [0.717, 1.165) is 5.56 Å². The number of carbonyl (C=O) groups is 1. The Labute approximate surface area is 184 Å². The lowest BCUT2D eigenvalue weighted by Crippen LogP contribution is -2.41. The standard InChI is InChI=1S/C21H20ClN3O3S2/c22-18-9-5-4-8-17(18)19-14-29-21(23-19)24-20(26)15-10-12-25(13-11-15)30(27,28)16-6-2-1-3-7-16/h1-9,14-15H,10-13H2,(H,23,24,26). The first kappa shape index (κ1) is 21.0. The van der Waals surface area contributed by atoms with Gasteiger partial charge < -0.3 is 5.32 Å². The molecule has 0 aliphatic carbocycles. The summed E-state index contributed by atoms with van der Waals surface area (Å²) in [6.07, 6.45) is 0.946. The molecule has 0 radical (unpaired) electrons. The molecule has 9 heteroatoms. The monoisotopic (exact) mass is 461 g/mol. The van der Waals surface area contributed by atoms with Crippen LogP contribution in [0, 0.1) is 5.92 Å². The van der Waals surface area contributed by atoms with Crippen LogP contribution in [0.4, 0.5) is 5.13 Å². The van der Waals surface area contributed by atoms with Crippen LogP contribution < -0.4 is 5.32 Å². The molecule has 2 aromatic carbocycles. The summed E-state index contributed by atoms with van der Waals surface area (Å²) in [4.78, 5) is 17.4. The van der Waals surface area contributed by atoms with Gasteiger partial charge in [0.05, 0.1) is 10.6 Å². The lowest BCUT2D eigenvalue weighted by Gasteiger charge is -2.30. The molecule has 0 bridgehead atoms. The number of thiazole rings is 1. The van der Waals surface area contributed by atoms with E-state index in [1.54, 1.807) is 36.4 Å². The van der Waals surface area contributed by atoms with Gasteiger partial charge in [0.15, 0.2) is 5.13 Å². The Morgan fingerprint density at radius 2 is 1.73 bits per heavy atom. The maximum atomic E-state index is 12.7. The van der Waals surface area contributed by atoms with Crippen LogP contribution >= 0.6 is 22.9 Å². The van der Waals surface area contributed by atoms with Crippen LogP contribution in [0.1, 0.15) is 12.8 Å². The number of carbonyl (C=O) groups excluding carboxylic acids is 1. The molecule has 30 heavy (non-hydrogen) atoms. The van der Waals surface area contributed by atoms with Gasteiger partial charge in [-0.15, -0.1) is 11.3 Å². The van der Waals surface area contributed by atoms with E-state index in [2.05, 4.69) is 10.3 Å². The van der Waals surface area contributed by atoms with Crippen molar-refractivity contribution in [2.75, 3.05) is 18.4 Å². The lowest BCUT2D eigenvalue weighted by atomic mass is 9.97. The van der Waals surface area contributed by atoms with Crippen LogP contribution in [0.15, 0.2) is 64.9 Å². The summed E-state index contributed by atoms with van der Waals surface area (Å²) in [5.74, 6) is -0.383. The molecule has 6 nitrogen and oxygen atoms in total. The minimum Gasteiger partial charge on any atom is -0.302 e. The van der Waals surface area contributed by atoms with Crippen molar-refractivity contribution in [1.29, 1.82) is 0 Å². The third kappa shape index (κ3) is 4.41. The molecule has 3 aromatic rings. The number of benzene rings is 2. The van der Waals surface area contributed by atoms with Crippen LogP contribution in [0.25, 0.3) is 11.3 Å². The molecular weight excluding hydrogens is 442 g/mol. The van der Waals surface area contributed by atoms with Crippen molar-refractivity contribution in [3.63, 3.8) is 0 Å². The fourth-order valence-corrected chi connectivity index (χ4v) is 5.87. The molecule has 1 aromatic heterocycles. The zero-order valence-electron chi connectivity index (χ0n) is 16.0. The molecular formula is C21H20ClN3O3S2. The molecule has 1 fully saturated rings. The number of rotatable bonds is 5. The number of nitrogens with zero attached hydrogens (tertiary/aromatic N) is 2. The summed E-state index contributed by atoms with van der Waals surface area (Å²) in [7, 11) is -3.52. The number of halogens is 1. The highest BCUT2D eigenvalue weighted by Gasteiger charge is 2.32. The van der Waals surface area contributed by atoms with Crippen molar-refractivity contribution < 1.29 is 13.2 Å². The second-order valence-electron chi connectivity index (χ2n) is 7.00. The minimum absolute atomic E-state index is 0.133. The number of hydrogen-bond acceptors (Lipinski definition) is 5. The van der Waals surface area contributed by atoms with E-state index in [4.69, 9.17) is 11.6 Å². The van der Waals surface area contributed by atoms with Crippen LogP contribution in [-0.2, 0) is 14.8 Å². The van der Waals surface area contributed by atoms with Crippen LogP contribution in [0.2, 0.25) is 5.02 Å². The first-order valence-corrected chi connectivity index (χ1v) is 12.2. The quantitative estimate of drug-likeness (QED) is 0.606. The van der Waals surface area contributed by atoms with Gasteiger partial charge in [0.2, 0.25) is 15.9 Å². The molecule has 1 aliphatic heterocycles. The summed E-state index contributed by atoms with van der Waals surface area (Å²) in [6, 6.07) is 15.8. The Morgan fingerprint density at radius 1 is 1.07 bits per heavy atom. The van der Waals surface area contributed by atoms with E-state index in [9.17, 15) is 13.2 Å². The number of hydrogen-bond donors (Lipinski definition) is 1.